The third kappa shape index (κ3) is 5.18. The first-order valence-corrected chi connectivity index (χ1v) is 9.14. The van der Waals surface area contributed by atoms with Crippen molar-refractivity contribution in [1.82, 2.24) is 0 Å². The highest BCUT2D eigenvalue weighted by atomic mass is 19.1. The highest BCUT2D eigenvalue weighted by molar-refractivity contribution is 5.66. The average Bonchev–Trinajstić information content (AvgIpc) is 2.74. The zero-order valence-corrected chi connectivity index (χ0v) is 15.7. The first kappa shape index (κ1) is 19.6. The largest absolute Gasteiger partial charge is 0.468 e. The Kier molecular flexibility index (Phi) is 6.77. The summed E-state index contributed by atoms with van der Waals surface area (Å²) in [7, 11) is 0. The van der Waals surface area contributed by atoms with Crippen molar-refractivity contribution in [3.05, 3.63) is 102 Å². The molecule has 0 spiro atoms. The van der Waals surface area contributed by atoms with Gasteiger partial charge in [0.1, 0.15) is 11.6 Å². The lowest BCUT2D eigenvalue weighted by atomic mass is 10.0. The van der Waals surface area contributed by atoms with Crippen molar-refractivity contribution in [1.29, 1.82) is 0 Å². The second kappa shape index (κ2) is 9.67. The Labute approximate surface area is 165 Å². The summed E-state index contributed by atoms with van der Waals surface area (Å²) in [6, 6.07) is 21.2. The molecule has 0 N–H and O–H groups in total. The molecule has 0 aliphatic rings. The van der Waals surface area contributed by atoms with Crippen molar-refractivity contribution in [3.63, 3.8) is 0 Å². The Balaban J connectivity index is 1.44. The van der Waals surface area contributed by atoms with Gasteiger partial charge in [-0.05, 0) is 46.9 Å². The minimum Gasteiger partial charge on any atom is -0.468 e. The third-order valence-corrected chi connectivity index (χ3v) is 4.46. The SMILES string of the molecule is C=Cc1ccc(-c2ccc(OCOCCc3ccc(C=C)c(F)c3)cc2)cc1. The highest BCUT2D eigenvalue weighted by Gasteiger charge is 2.02. The third-order valence-electron chi connectivity index (χ3n) is 4.46. The van der Waals surface area contributed by atoms with E-state index in [4.69, 9.17) is 9.47 Å². The van der Waals surface area contributed by atoms with Crippen LogP contribution in [0.2, 0.25) is 0 Å². The van der Waals surface area contributed by atoms with Gasteiger partial charge in [-0.1, -0.05) is 73.8 Å². The highest BCUT2D eigenvalue weighted by Crippen LogP contribution is 2.23. The van der Waals surface area contributed by atoms with Crippen LogP contribution in [-0.4, -0.2) is 13.4 Å². The predicted molar refractivity (Wildman–Crippen MR) is 114 cm³/mol. The van der Waals surface area contributed by atoms with Gasteiger partial charge >= 0.3 is 0 Å². The van der Waals surface area contributed by atoms with E-state index < -0.39 is 0 Å². The monoisotopic (exact) mass is 374 g/mol. The number of ether oxygens (including phenoxy) is 2. The van der Waals surface area contributed by atoms with E-state index in [1.54, 1.807) is 6.07 Å². The molecule has 3 heteroatoms. The number of benzene rings is 3. The Morgan fingerprint density at radius 1 is 0.821 bits per heavy atom. The second-order valence-electron chi connectivity index (χ2n) is 6.33. The van der Waals surface area contributed by atoms with Crippen molar-refractivity contribution in [2.45, 2.75) is 6.42 Å². The molecule has 0 bridgehead atoms. The van der Waals surface area contributed by atoms with Gasteiger partial charge in [0, 0.05) is 5.56 Å². The summed E-state index contributed by atoms with van der Waals surface area (Å²) in [6.45, 7) is 7.96. The van der Waals surface area contributed by atoms with E-state index in [1.165, 1.54) is 12.1 Å². The van der Waals surface area contributed by atoms with Crippen LogP contribution < -0.4 is 4.74 Å². The van der Waals surface area contributed by atoms with Crippen LogP contribution in [0.15, 0.2) is 79.9 Å². The quantitative estimate of drug-likeness (QED) is 0.320. The first-order chi connectivity index (χ1) is 13.7. The van der Waals surface area contributed by atoms with Crippen molar-refractivity contribution >= 4 is 12.2 Å². The molecule has 0 aliphatic heterocycles. The summed E-state index contributed by atoms with van der Waals surface area (Å²) in [4.78, 5) is 0. The van der Waals surface area contributed by atoms with Gasteiger partial charge in [0.15, 0.2) is 6.79 Å². The molecule has 0 unspecified atom stereocenters. The number of rotatable bonds is 9. The van der Waals surface area contributed by atoms with Crippen LogP contribution in [0, 0.1) is 5.82 Å². The van der Waals surface area contributed by atoms with Gasteiger partial charge in [0.25, 0.3) is 0 Å². The minimum atomic E-state index is -0.261. The number of halogens is 1. The molecule has 0 radical (unpaired) electrons. The molecule has 0 aromatic heterocycles. The molecular formula is C25H23FO2. The van der Waals surface area contributed by atoms with Crippen molar-refractivity contribution < 1.29 is 13.9 Å². The summed E-state index contributed by atoms with van der Waals surface area (Å²) >= 11 is 0. The van der Waals surface area contributed by atoms with Gasteiger partial charge in [-0.15, -0.1) is 0 Å². The molecule has 3 aromatic carbocycles. The van der Waals surface area contributed by atoms with E-state index in [-0.39, 0.29) is 12.6 Å². The van der Waals surface area contributed by atoms with Crippen LogP contribution in [0.3, 0.4) is 0 Å². The van der Waals surface area contributed by atoms with Crippen LogP contribution in [0.5, 0.6) is 5.75 Å². The second-order valence-corrected chi connectivity index (χ2v) is 6.33. The van der Waals surface area contributed by atoms with Gasteiger partial charge in [-0.3, -0.25) is 0 Å². The molecule has 0 atom stereocenters. The molecule has 0 fully saturated rings. The van der Waals surface area contributed by atoms with E-state index in [1.807, 2.05) is 48.5 Å². The molecule has 0 amide bonds. The fraction of sp³-hybridized carbons (Fsp3) is 0.120. The predicted octanol–water partition coefficient (Wildman–Crippen LogP) is 6.37. The van der Waals surface area contributed by atoms with Crippen molar-refractivity contribution in [2.24, 2.45) is 0 Å². The summed E-state index contributed by atoms with van der Waals surface area (Å²) in [6.07, 6.45) is 3.95. The lowest BCUT2D eigenvalue weighted by molar-refractivity contribution is 0.0169. The maximum Gasteiger partial charge on any atom is 0.189 e. The van der Waals surface area contributed by atoms with E-state index >= 15 is 0 Å². The molecule has 3 aromatic rings. The maximum absolute atomic E-state index is 13.7. The number of hydrogen-bond donors (Lipinski definition) is 0. The van der Waals surface area contributed by atoms with E-state index in [0.29, 0.717) is 18.6 Å². The minimum absolute atomic E-state index is 0.153. The lowest BCUT2D eigenvalue weighted by Crippen LogP contribution is -2.06. The Hall–Kier alpha value is -3.17. The summed E-state index contributed by atoms with van der Waals surface area (Å²) in [5.41, 5.74) is 4.75. The van der Waals surface area contributed by atoms with Crippen LogP contribution in [0.1, 0.15) is 16.7 Å². The van der Waals surface area contributed by atoms with Crippen LogP contribution in [0.25, 0.3) is 23.3 Å². The van der Waals surface area contributed by atoms with Gasteiger partial charge in [0.2, 0.25) is 0 Å². The smallest absolute Gasteiger partial charge is 0.189 e. The molecule has 142 valence electrons. The molecule has 0 heterocycles. The molecule has 2 nitrogen and oxygen atoms in total. The number of hydrogen-bond acceptors (Lipinski definition) is 2. The van der Waals surface area contributed by atoms with Crippen LogP contribution in [-0.2, 0) is 11.2 Å². The zero-order valence-electron chi connectivity index (χ0n) is 15.7. The molecule has 0 aliphatic carbocycles. The molecule has 28 heavy (non-hydrogen) atoms. The van der Waals surface area contributed by atoms with Crippen LogP contribution >= 0.6 is 0 Å². The Morgan fingerprint density at radius 3 is 2.11 bits per heavy atom. The molecule has 3 rings (SSSR count). The van der Waals surface area contributed by atoms with Crippen LogP contribution in [0.4, 0.5) is 4.39 Å². The van der Waals surface area contributed by atoms with Crippen molar-refractivity contribution in [3.8, 4) is 16.9 Å². The Bertz CT molecular complexity index is 928. The summed E-state index contributed by atoms with van der Waals surface area (Å²) in [5.74, 6) is 0.482. The molecular weight excluding hydrogens is 351 g/mol. The molecule has 0 saturated heterocycles. The van der Waals surface area contributed by atoms with Gasteiger partial charge in [-0.25, -0.2) is 4.39 Å². The maximum atomic E-state index is 13.7. The van der Waals surface area contributed by atoms with E-state index in [2.05, 4.69) is 25.3 Å². The standard InChI is InChI=1S/C25H23FO2/c1-3-19-5-9-22(10-6-19)23-11-13-24(14-12-23)28-18-27-16-15-20-7-8-21(4-2)25(26)17-20/h3-14,17H,1-2,15-16,18H2. The molecule has 0 saturated carbocycles. The van der Waals surface area contributed by atoms with Gasteiger partial charge in [0.05, 0.1) is 6.61 Å². The van der Waals surface area contributed by atoms with E-state index in [9.17, 15) is 4.39 Å². The van der Waals surface area contributed by atoms with Gasteiger partial charge < -0.3 is 9.47 Å². The fourth-order valence-corrected chi connectivity index (χ4v) is 2.81. The zero-order chi connectivity index (χ0) is 19.8. The topological polar surface area (TPSA) is 18.5 Å². The lowest BCUT2D eigenvalue weighted by Gasteiger charge is -2.09. The van der Waals surface area contributed by atoms with E-state index in [0.717, 1.165) is 28.0 Å². The Morgan fingerprint density at radius 2 is 1.50 bits per heavy atom. The van der Waals surface area contributed by atoms with Crippen molar-refractivity contribution in [2.75, 3.05) is 13.4 Å². The summed E-state index contributed by atoms with van der Waals surface area (Å²) < 4.78 is 24.8. The first-order valence-electron chi connectivity index (χ1n) is 9.14. The fourth-order valence-electron chi connectivity index (χ4n) is 2.81. The average molecular weight is 374 g/mol. The normalized spacial score (nSPS) is 10.5. The summed E-state index contributed by atoms with van der Waals surface area (Å²) in [5, 5.41) is 0. The van der Waals surface area contributed by atoms with Gasteiger partial charge in [-0.2, -0.15) is 0 Å².